The molecule has 0 atom stereocenters. The average molecular weight is 247 g/mol. The number of aromatic nitrogens is 3. The summed E-state index contributed by atoms with van der Waals surface area (Å²) in [6.45, 7) is 9.58. The van der Waals surface area contributed by atoms with E-state index in [4.69, 9.17) is 0 Å². The highest BCUT2D eigenvalue weighted by atomic mass is 15.4. The summed E-state index contributed by atoms with van der Waals surface area (Å²) in [6, 6.07) is 0. The van der Waals surface area contributed by atoms with Gasteiger partial charge in [0.15, 0.2) is 0 Å². The van der Waals surface area contributed by atoms with Gasteiger partial charge >= 0.3 is 0 Å². The molecule has 0 aromatic carbocycles. The van der Waals surface area contributed by atoms with E-state index in [9.17, 15) is 0 Å². The van der Waals surface area contributed by atoms with Gasteiger partial charge in [-0.1, -0.05) is 32.9 Å². The maximum absolute atomic E-state index is 4.19. The van der Waals surface area contributed by atoms with Crippen LogP contribution in [0.5, 0.6) is 0 Å². The zero-order chi connectivity index (χ0) is 13.4. The Kier molecular flexibility index (Phi) is 6.49. The van der Waals surface area contributed by atoms with Crippen LogP contribution in [0.2, 0.25) is 0 Å². The predicted molar refractivity (Wildman–Crippen MR) is 75.0 cm³/mol. The van der Waals surface area contributed by atoms with Gasteiger partial charge in [-0.2, -0.15) is 0 Å². The Morgan fingerprint density at radius 2 is 2.00 bits per heavy atom. The monoisotopic (exact) mass is 247 g/mol. The zero-order valence-corrected chi connectivity index (χ0v) is 12.1. The molecule has 1 aromatic rings. The van der Waals surface area contributed by atoms with Crippen LogP contribution in [0, 0.1) is 23.7 Å². The Hall–Kier alpha value is -1.30. The van der Waals surface area contributed by atoms with Crippen molar-refractivity contribution in [1.82, 2.24) is 15.0 Å². The van der Waals surface area contributed by atoms with E-state index >= 15 is 0 Å². The Morgan fingerprint density at radius 3 is 2.67 bits per heavy atom. The molecule has 0 spiro atoms. The molecule has 1 rings (SSSR count). The normalized spacial score (nSPS) is 10.8. The molecular formula is C15H25N3. The van der Waals surface area contributed by atoms with Crippen LogP contribution in [0.4, 0.5) is 0 Å². The second-order valence-electron chi connectivity index (χ2n) is 5.51. The van der Waals surface area contributed by atoms with E-state index in [1.165, 1.54) is 0 Å². The van der Waals surface area contributed by atoms with Crippen LogP contribution in [0.3, 0.4) is 0 Å². The summed E-state index contributed by atoms with van der Waals surface area (Å²) < 4.78 is 1.94. The van der Waals surface area contributed by atoms with Gasteiger partial charge in [-0.25, -0.2) is 0 Å². The third kappa shape index (κ3) is 6.44. The summed E-state index contributed by atoms with van der Waals surface area (Å²) in [5.41, 5.74) is 1.10. The molecule has 0 unspecified atom stereocenters. The van der Waals surface area contributed by atoms with Crippen LogP contribution in [0.25, 0.3) is 0 Å². The van der Waals surface area contributed by atoms with E-state index in [0.717, 1.165) is 37.9 Å². The highest BCUT2D eigenvalue weighted by Gasteiger charge is 2.02. The molecule has 0 radical (unpaired) electrons. The first-order valence-electron chi connectivity index (χ1n) is 6.95. The first-order chi connectivity index (χ1) is 8.58. The molecule has 0 aliphatic rings. The summed E-state index contributed by atoms with van der Waals surface area (Å²) in [6.07, 6.45) is 6.38. The molecule has 0 amide bonds. The van der Waals surface area contributed by atoms with E-state index in [2.05, 4.69) is 56.0 Å². The van der Waals surface area contributed by atoms with Gasteiger partial charge in [0.2, 0.25) is 0 Å². The van der Waals surface area contributed by atoms with Crippen LogP contribution in [0.1, 0.15) is 52.7 Å². The summed E-state index contributed by atoms with van der Waals surface area (Å²) in [5, 5.41) is 8.33. The molecule has 0 N–H and O–H groups in total. The first kappa shape index (κ1) is 14.8. The van der Waals surface area contributed by atoms with Gasteiger partial charge in [0, 0.05) is 25.1 Å². The maximum atomic E-state index is 4.19. The molecule has 0 saturated heterocycles. The Morgan fingerprint density at radius 1 is 1.22 bits per heavy atom. The van der Waals surface area contributed by atoms with Crippen LogP contribution in [0.15, 0.2) is 6.20 Å². The first-order valence-corrected chi connectivity index (χ1v) is 6.95. The number of nitrogens with zero attached hydrogens (tertiary/aromatic N) is 3. The lowest BCUT2D eigenvalue weighted by atomic mass is 10.1. The lowest BCUT2D eigenvalue weighted by Gasteiger charge is -2.01. The Balaban J connectivity index is 2.20. The van der Waals surface area contributed by atoms with Gasteiger partial charge in [0.05, 0.1) is 5.69 Å². The number of hydrogen-bond donors (Lipinski definition) is 0. The smallest absolute Gasteiger partial charge is 0.0827 e. The van der Waals surface area contributed by atoms with E-state index in [1.54, 1.807) is 0 Å². The minimum Gasteiger partial charge on any atom is -0.252 e. The van der Waals surface area contributed by atoms with Crippen molar-refractivity contribution in [3.05, 3.63) is 11.9 Å². The third-order valence-corrected chi connectivity index (χ3v) is 2.51. The minimum atomic E-state index is 0.487. The molecule has 1 aromatic heterocycles. The fraction of sp³-hybridized carbons (Fsp3) is 0.733. The van der Waals surface area contributed by atoms with Crippen molar-refractivity contribution in [1.29, 1.82) is 0 Å². The van der Waals surface area contributed by atoms with Gasteiger partial charge in [0.25, 0.3) is 0 Å². The Bertz CT molecular complexity index is 393. The number of unbranched alkanes of at least 4 members (excludes halogenated alkanes) is 2. The molecule has 1 heterocycles. The molecule has 0 fully saturated rings. The highest BCUT2D eigenvalue weighted by molar-refractivity contribution is 5.01. The van der Waals surface area contributed by atoms with Crippen molar-refractivity contribution < 1.29 is 0 Å². The van der Waals surface area contributed by atoms with Crippen LogP contribution < -0.4 is 0 Å². The lowest BCUT2D eigenvalue weighted by molar-refractivity contribution is 0.472. The SMILES string of the molecule is CC(C)C#CCCCCc1cn(CC(C)C)nn1. The third-order valence-electron chi connectivity index (χ3n) is 2.51. The van der Waals surface area contributed by atoms with Gasteiger partial charge in [0.1, 0.15) is 0 Å². The van der Waals surface area contributed by atoms with Crippen molar-refractivity contribution in [2.24, 2.45) is 11.8 Å². The van der Waals surface area contributed by atoms with Crippen molar-refractivity contribution >= 4 is 0 Å². The van der Waals surface area contributed by atoms with E-state index in [0.29, 0.717) is 11.8 Å². The molecule has 0 bridgehead atoms. The average Bonchev–Trinajstić information content (AvgIpc) is 2.69. The highest BCUT2D eigenvalue weighted by Crippen LogP contribution is 2.04. The zero-order valence-electron chi connectivity index (χ0n) is 12.1. The van der Waals surface area contributed by atoms with Gasteiger partial charge in [-0.15, -0.1) is 16.9 Å². The summed E-state index contributed by atoms with van der Waals surface area (Å²) in [7, 11) is 0. The molecule has 0 aliphatic heterocycles. The molecule has 18 heavy (non-hydrogen) atoms. The number of hydrogen-bond acceptors (Lipinski definition) is 2. The summed E-state index contributed by atoms with van der Waals surface area (Å²) in [5.74, 6) is 7.50. The molecule has 3 nitrogen and oxygen atoms in total. The minimum absolute atomic E-state index is 0.487. The second kappa shape index (κ2) is 7.92. The molecule has 0 saturated carbocycles. The summed E-state index contributed by atoms with van der Waals surface area (Å²) >= 11 is 0. The molecular weight excluding hydrogens is 222 g/mol. The maximum Gasteiger partial charge on any atom is 0.0827 e. The van der Waals surface area contributed by atoms with E-state index in [1.807, 2.05) is 4.68 Å². The molecule has 100 valence electrons. The fourth-order valence-corrected chi connectivity index (χ4v) is 1.71. The molecule has 3 heteroatoms. The Labute approximate surface area is 111 Å². The quantitative estimate of drug-likeness (QED) is 0.570. The van der Waals surface area contributed by atoms with Crippen LogP contribution >= 0.6 is 0 Å². The second-order valence-corrected chi connectivity index (χ2v) is 5.51. The van der Waals surface area contributed by atoms with Crippen molar-refractivity contribution in [2.75, 3.05) is 0 Å². The molecule has 0 aliphatic carbocycles. The van der Waals surface area contributed by atoms with Gasteiger partial charge < -0.3 is 0 Å². The predicted octanol–water partition coefficient (Wildman–Crippen LogP) is 3.31. The summed E-state index contributed by atoms with van der Waals surface area (Å²) in [4.78, 5) is 0. The van der Waals surface area contributed by atoms with Crippen LogP contribution in [-0.2, 0) is 13.0 Å². The fourth-order valence-electron chi connectivity index (χ4n) is 1.71. The lowest BCUT2D eigenvalue weighted by Crippen LogP contribution is -2.04. The largest absolute Gasteiger partial charge is 0.252 e. The van der Waals surface area contributed by atoms with E-state index < -0.39 is 0 Å². The number of aryl methyl sites for hydroxylation is 1. The standard InChI is InChI=1S/C15H25N3/c1-13(2)9-7-5-6-8-10-15-12-18(17-16-15)11-14(3)4/h12-14H,5-6,8,10-11H2,1-4H3. The van der Waals surface area contributed by atoms with Crippen LogP contribution in [-0.4, -0.2) is 15.0 Å². The van der Waals surface area contributed by atoms with Crippen molar-refractivity contribution in [2.45, 2.75) is 59.9 Å². The van der Waals surface area contributed by atoms with Gasteiger partial charge in [-0.3, -0.25) is 4.68 Å². The topological polar surface area (TPSA) is 30.7 Å². The van der Waals surface area contributed by atoms with E-state index in [-0.39, 0.29) is 0 Å². The van der Waals surface area contributed by atoms with Gasteiger partial charge in [-0.05, 0) is 25.2 Å². The van der Waals surface area contributed by atoms with Crippen molar-refractivity contribution in [3.63, 3.8) is 0 Å². The van der Waals surface area contributed by atoms with Crippen molar-refractivity contribution in [3.8, 4) is 11.8 Å². The number of rotatable bonds is 6.